The van der Waals surface area contributed by atoms with Crippen molar-refractivity contribution in [2.75, 3.05) is 19.7 Å². The monoisotopic (exact) mass is 322 g/mol. The maximum Gasteiger partial charge on any atom is 0.272 e. The van der Waals surface area contributed by atoms with Gasteiger partial charge in [-0.3, -0.25) is 9.78 Å². The lowest BCUT2D eigenvalue weighted by Gasteiger charge is -2.17. The predicted octanol–water partition coefficient (Wildman–Crippen LogP) is 3.23. The van der Waals surface area contributed by atoms with Crippen molar-refractivity contribution in [3.63, 3.8) is 0 Å². The fourth-order valence-electron chi connectivity index (χ4n) is 2.95. The number of carbonyl (C=O) groups is 1. The maximum atomic E-state index is 13.3. The van der Waals surface area contributed by atoms with Crippen LogP contribution in [0.1, 0.15) is 54.1 Å². The molecule has 6 heteroatoms. The zero-order valence-corrected chi connectivity index (χ0v) is 12.9. The SMILES string of the molecule is O=C(c1cc(OCC2CC2)c(C2CC2)cn1)N1CCC(F)(F)C1. The molecule has 1 amide bonds. The van der Waals surface area contributed by atoms with Gasteiger partial charge in [0.1, 0.15) is 11.4 Å². The lowest BCUT2D eigenvalue weighted by molar-refractivity contribution is 0.0119. The van der Waals surface area contributed by atoms with Crippen LogP contribution in [-0.4, -0.2) is 41.4 Å². The molecule has 3 aliphatic rings. The van der Waals surface area contributed by atoms with Gasteiger partial charge in [0.2, 0.25) is 0 Å². The number of likely N-dealkylation sites (tertiary alicyclic amines) is 1. The number of hydrogen-bond acceptors (Lipinski definition) is 3. The molecule has 0 spiro atoms. The summed E-state index contributed by atoms with van der Waals surface area (Å²) in [5.41, 5.74) is 1.26. The summed E-state index contributed by atoms with van der Waals surface area (Å²) in [6.07, 6.45) is 6.04. The van der Waals surface area contributed by atoms with E-state index in [0.717, 1.165) is 18.4 Å². The minimum absolute atomic E-state index is 0.0795. The summed E-state index contributed by atoms with van der Waals surface area (Å²) in [6.45, 7) is 0.228. The van der Waals surface area contributed by atoms with Gasteiger partial charge in [0, 0.05) is 30.8 Å². The normalized spacial score (nSPS) is 23.1. The predicted molar refractivity (Wildman–Crippen MR) is 79.9 cm³/mol. The van der Waals surface area contributed by atoms with Gasteiger partial charge in [-0.25, -0.2) is 8.78 Å². The minimum atomic E-state index is -2.78. The third kappa shape index (κ3) is 3.31. The quantitative estimate of drug-likeness (QED) is 0.836. The van der Waals surface area contributed by atoms with Gasteiger partial charge in [-0.15, -0.1) is 0 Å². The standard InChI is InChI=1S/C17H20F2N2O2/c18-17(19)5-6-21(10-17)16(22)14-7-15(23-9-11-1-2-11)13(8-20-14)12-3-4-12/h7-8,11-12H,1-6,9-10H2. The Kier molecular flexibility index (Phi) is 3.50. The highest BCUT2D eigenvalue weighted by Gasteiger charge is 2.41. The van der Waals surface area contributed by atoms with Gasteiger partial charge >= 0.3 is 0 Å². The minimum Gasteiger partial charge on any atom is -0.493 e. The Morgan fingerprint density at radius 3 is 2.74 bits per heavy atom. The Morgan fingerprint density at radius 2 is 2.13 bits per heavy atom. The van der Waals surface area contributed by atoms with Gasteiger partial charge in [-0.2, -0.15) is 0 Å². The second-order valence-corrected chi connectivity index (χ2v) is 6.97. The lowest BCUT2D eigenvalue weighted by atomic mass is 10.1. The third-order valence-corrected chi connectivity index (χ3v) is 4.76. The molecule has 2 heterocycles. The Bertz CT molecular complexity index is 627. The molecule has 2 saturated carbocycles. The van der Waals surface area contributed by atoms with E-state index < -0.39 is 18.4 Å². The van der Waals surface area contributed by atoms with Crippen LogP contribution in [0.3, 0.4) is 0 Å². The molecule has 0 atom stereocenters. The number of hydrogen-bond donors (Lipinski definition) is 0. The number of pyridine rings is 1. The van der Waals surface area contributed by atoms with Crippen molar-refractivity contribution in [3.8, 4) is 5.75 Å². The maximum absolute atomic E-state index is 13.3. The molecule has 4 nitrogen and oxygen atoms in total. The van der Waals surface area contributed by atoms with Crippen LogP contribution in [0.5, 0.6) is 5.75 Å². The molecular formula is C17H20F2N2O2. The highest BCUT2D eigenvalue weighted by atomic mass is 19.3. The van der Waals surface area contributed by atoms with E-state index in [0.29, 0.717) is 24.2 Å². The average molecular weight is 322 g/mol. The first kappa shape index (κ1) is 14.8. The summed E-state index contributed by atoms with van der Waals surface area (Å²) in [5, 5.41) is 0. The van der Waals surface area contributed by atoms with Crippen molar-refractivity contribution < 1.29 is 18.3 Å². The average Bonchev–Trinajstić information content (AvgIpc) is 3.43. The molecule has 0 radical (unpaired) electrons. The van der Waals surface area contributed by atoms with Gasteiger partial charge in [-0.1, -0.05) is 0 Å². The first-order valence-electron chi connectivity index (χ1n) is 8.32. The molecule has 1 saturated heterocycles. The number of amides is 1. The van der Waals surface area contributed by atoms with Crippen molar-refractivity contribution in [2.24, 2.45) is 5.92 Å². The largest absolute Gasteiger partial charge is 0.493 e. The number of alkyl halides is 2. The number of carbonyl (C=O) groups excluding carboxylic acids is 1. The van der Waals surface area contributed by atoms with E-state index in [-0.39, 0.29) is 18.7 Å². The van der Waals surface area contributed by atoms with E-state index in [1.807, 2.05) is 0 Å². The fourth-order valence-corrected chi connectivity index (χ4v) is 2.95. The Morgan fingerprint density at radius 1 is 1.35 bits per heavy atom. The molecule has 1 aromatic rings. The van der Waals surface area contributed by atoms with Crippen LogP contribution in [-0.2, 0) is 0 Å². The first-order chi connectivity index (χ1) is 11.0. The van der Waals surface area contributed by atoms with E-state index in [9.17, 15) is 13.6 Å². The molecule has 0 N–H and O–H groups in total. The van der Waals surface area contributed by atoms with Gasteiger partial charge in [-0.05, 0) is 37.5 Å². The molecular weight excluding hydrogens is 302 g/mol. The van der Waals surface area contributed by atoms with Crippen molar-refractivity contribution in [1.29, 1.82) is 0 Å². The van der Waals surface area contributed by atoms with Gasteiger partial charge in [0.15, 0.2) is 0 Å². The zero-order chi connectivity index (χ0) is 16.0. The van der Waals surface area contributed by atoms with Crippen LogP contribution in [0.4, 0.5) is 8.78 Å². The van der Waals surface area contributed by atoms with Gasteiger partial charge in [0.05, 0.1) is 13.2 Å². The number of nitrogens with zero attached hydrogens (tertiary/aromatic N) is 2. The van der Waals surface area contributed by atoms with Gasteiger partial charge in [0.25, 0.3) is 11.8 Å². The topological polar surface area (TPSA) is 42.4 Å². The van der Waals surface area contributed by atoms with Crippen molar-refractivity contribution in [3.05, 3.63) is 23.5 Å². The summed E-state index contributed by atoms with van der Waals surface area (Å²) in [5.74, 6) is -1.41. The zero-order valence-electron chi connectivity index (χ0n) is 12.9. The summed E-state index contributed by atoms with van der Waals surface area (Å²) < 4.78 is 32.5. The van der Waals surface area contributed by atoms with Crippen LogP contribution in [0.25, 0.3) is 0 Å². The summed E-state index contributed by atoms with van der Waals surface area (Å²) >= 11 is 0. The lowest BCUT2D eigenvalue weighted by Crippen LogP contribution is -2.32. The highest BCUT2D eigenvalue weighted by molar-refractivity contribution is 5.93. The van der Waals surface area contributed by atoms with Crippen LogP contribution in [0.2, 0.25) is 0 Å². The summed E-state index contributed by atoms with van der Waals surface area (Å²) in [6, 6.07) is 1.65. The number of aromatic nitrogens is 1. The molecule has 2 aliphatic carbocycles. The Labute approximate surface area is 133 Å². The van der Waals surface area contributed by atoms with Crippen LogP contribution < -0.4 is 4.74 Å². The van der Waals surface area contributed by atoms with E-state index in [2.05, 4.69) is 4.98 Å². The second-order valence-electron chi connectivity index (χ2n) is 6.97. The highest BCUT2D eigenvalue weighted by Crippen LogP contribution is 2.44. The van der Waals surface area contributed by atoms with Crippen LogP contribution in [0, 0.1) is 5.92 Å². The smallest absolute Gasteiger partial charge is 0.272 e. The van der Waals surface area contributed by atoms with Crippen LogP contribution >= 0.6 is 0 Å². The third-order valence-electron chi connectivity index (χ3n) is 4.76. The molecule has 0 bridgehead atoms. The molecule has 0 unspecified atom stereocenters. The molecule has 3 fully saturated rings. The summed E-state index contributed by atoms with van der Waals surface area (Å²) in [7, 11) is 0. The van der Waals surface area contributed by atoms with Crippen molar-refractivity contribution in [2.45, 2.75) is 43.9 Å². The molecule has 124 valence electrons. The van der Waals surface area contributed by atoms with Crippen molar-refractivity contribution >= 4 is 5.91 Å². The number of rotatable bonds is 5. The molecule has 23 heavy (non-hydrogen) atoms. The van der Waals surface area contributed by atoms with Gasteiger partial charge < -0.3 is 9.64 Å². The number of ether oxygens (including phenoxy) is 1. The molecule has 0 aromatic carbocycles. The van der Waals surface area contributed by atoms with E-state index in [1.54, 1.807) is 12.3 Å². The molecule has 4 rings (SSSR count). The first-order valence-corrected chi connectivity index (χ1v) is 8.32. The van der Waals surface area contributed by atoms with E-state index in [4.69, 9.17) is 4.74 Å². The fraction of sp³-hybridized carbons (Fsp3) is 0.647. The molecule has 1 aromatic heterocycles. The van der Waals surface area contributed by atoms with Crippen LogP contribution in [0.15, 0.2) is 12.3 Å². The Balaban J connectivity index is 1.53. The van der Waals surface area contributed by atoms with Crippen molar-refractivity contribution in [1.82, 2.24) is 9.88 Å². The van der Waals surface area contributed by atoms with E-state index in [1.165, 1.54) is 17.7 Å². The summed E-state index contributed by atoms with van der Waals surface area (Å²) in [4.78, 5) is 17.8. The number of halogens is 2. The molecule has 1 aliphatic heterocycles. The second kappa shape index (κ2) is 5.42. The van der Waals surface area contributed by atoms with E-state index >= 15 is 0 Å². The Hall–Kier alpha value is -1.72.